The molecule has 1 unspecified atom stereocenters. The van der Waals surface area contributed by atoms with Crippen LogP contribution in [0.3, 0.4) is 0 Å². The van der Waals surface area contributed by atoms with Crippen LogP contribution in [-0.4, -0.2) is 47.3 Å². The van der Waals surface area contributed by atoms with Crippen LogP contribution >= 0.6 is 0 Å². The average molecular weight is 519 g/mol. The number of Topliss-reactive ketones (excluding diaryl/α,β-unsaturated/α-hetero) is 1. The summed E-state index contributed by atoms with van der Waals surface area (Å²) < 4.78 is 38.9. The van der Waals surface area contributed by atoms with Crippen molar-refractivity contribution in [1.82, 2.24) is 0 Å². The van der Waals surface area contributed by atoms with Crippen LogP contribution in [0.1, 0.15) is 39.4 Å². The molecule has 0 spiro atoms. The van der Waals surface area contributed by atoms with E-state index in [1.807, 2.05) is 6.07 Å². The number of rotatable bonds is 7. The number of hydrogen-bond donors (Lipinski definition) is 0. The molecule has 0 saturated carbocycles. The molecule has 5 rings (SSSR count). The SMILES string of the molecule is COc1ccc(C2CC(=O)Oc3ccc4c(c32)OC(=Cc2cc(OC)c(OC)cc2OC)C4=O)c(OC)c1. The van der Waals surface area contributed by atoms with Crippen molar-refractivity contribution in [2.45, 2.75) is 12.3 Å². The molecule has 38 heavy (non-hydrogen) atoms. The van der Waals surface area contributed by atoms with Gasteiger partial charge in [-0.05, 0) is 30.3 Å². The second kappa shape index (κ2) is 10.0. The molecule has 0 bridgehead atoms. The first-order valence-electron chi connectivity index (χ1n) is 11.8. The zero-order valence-electron chi connectivity index (χ0n) is 21.6. The highest BCUT2D eigenvalue weighted by molar-refractivity contribution is 6.15. The van der Waals surface area contributed by atoms with Crippen molar-refractivity contribution in [2.75, 3.05) is 35.5 Å². The third-order valence-electron chi connectivity index (χ3n) is 6.62. The van der Waals surface area contributed by atoms with Crippen molar-refractivity contribution in [3.63, 3.8) is 0 Å². The topological polar surface area (TPSA) is 98.8 Å². The van der Waals surface area contributed by atoms with E-state index in [2.05, 4.69) is 0 Å². The van der Waals surface area contributed by atoms with Crippen LogP contribution in [0, 0.1) is 0 Å². The fourth-order valence-corrected chi connectivity index (χ4v) is 4.78. The smallest absolute Gasteiger partial charge is 0.312 e. The molecule has 0 aromatic heterocycles. The van der Waals surface area contributed by atoms with E-state index in [1.165, 1.54) is 21.3 Å². The summed E-state index contributed by atoms with van der Waals surface area (Å²) in [6.45, 7) is 0. The largest absolute Gasteiger partial charge is 0.497 e. The minimum atomic E-state index is -0.468. The highest BCUT2D eigenvalue weighted by atomic mass is 16.5. The van der Waals surface area contributed by atoms with Crippen LogP contribution in [-0.2, 0) is 4.79 Å². The monoisotopic (exact) mass is 518 g/mol. The number of benzene rings is 3. The summed E-state index contributed by atoms with van der Waals surface area (Å²) in [5.74, 6) is 2.19. The maximum Gasteiger partial charge on any atom is 0.312 e. The molecule has 0 radical (unpaired) electrons. The van der Waals surface area contributed by atoms with Gasteiger partial charge in [-0.1, -0.05) is 6.07 Å². The Morgan fingerprint density at radius 3 is 2.16 bits per heavy atom. The fraction of sp³-hybridized carbons (Fsp3) is 0.241. The third-order valence-corrected chi connectivity index (χ3v) is 6.62. The first-order valence-corrected chi connectivity index (χ1v) is 11.8. The molecule has 2 heterocycles. The average Bonchev–Trinajstić information content (AvgIpc) is 3.26. The molecule has 3 aromatic rings. The van der Waals surface area contributed by atoms with Gasteiger partial charge in [0.05, 0.1) is 47.5 Å². The summed E-state index contributed by atoms with van der Waals surface area (Å²) in [6.07, 6.45) is 1.64. The van der Waals surface area contributed by atoms with Gasteiger partial charge in [-0.15, -0.1) is 0 Å². The zero-order valence-corrected chi connectivity index (χ0v) is 21.6. The molecule has 3 aromatic carbocycles. The molecule has 9 nitrogen and oxygen atoms in total. The van der Waals surface area contributed by atoms with E-state index in [0.29, 0.717) is 56.9 Å². The highest BCUT2D eigenvalue weighted by Gasteiger charge is 2.39. The Morgan fingerprint density at radius 2 is 1.47 bits per heavy atom. The van der Waals surface area contributed by atoms with Crippen molar-refractivity contribution in [3.8, 4) is 40.2 Å². The van der Waals surface area contributed by atoms with Crippen molar-refractivity contribution >= 4 is 17.8 Å². The van der Waals surface area contributed by atoms with Gasteiger partial charge < -0.3 is 33.2 Å². The van der Waals surface area contributed by atoms with Crippen molar-refractivity contribution in [3.05, 3.63) is 70.5 Å². The van der Waals surface area contributed by atoms with E-state index >= 15 is 0 Å². The Kier molecular flexibility index (Phi) is 6.59. The molecular weight excluding hydrogens is 492 g/mol. The molecule has 0 fully saturated rings. The minimum absolute atomic E-state index is 0.0479. The first-order chi connectivity index (χ1) is 18.4. The van der Waals surface area contributed by atoms with E-state index in [-0.39, 0.29) is 18.0 Å². The molecule has 9 heteroatoms. The van der Waals surface area contributed by atoms with Gasteiger partial charge in [0.15, 0.2) is 17.3 Å². The Labute approximate surface area is 219 Å². The highest BCUT2D eigenvalue weighted by Crippen LogP contribution is 2.51. The predicted octanol–water partition coefficient (Wildman–Crippen LogP) is 4.79. The van der Waals surface area contributed by atoms with Crippen LogP contribution < -0.4 is 33.2 Å². The summed E-state index contributed by atoms with van der Waals surface area (Å²) in [4.78, 5) is 26.0. The normalized spacial score (nSPS) is 16.8. The van der Waals surface area contributed by atoms with Crippen LogP contribution in [0.2, 0.25) is 0 Å². The standard InChI is InChI=1S/C29H26O9/c1-32-16-6-7-17(22(12-16)34-3)19-13-26(30)37-20-9-8-18-28(31)25(38-29(18)27(19)20)11-15-10-23(35-4)24(36-5)14-21(15)33-2/h6-12,14,19H,13H2,1-5H3. The summed E-state index contributed by atoms with van der Waals surface area (Å²) >= 11 is 0. The number of fused-ring (bicyclic) bond motifs is 3. The minimum Gasteiger partial charge on any atom is -0.497 e. The second-order valence-electron chi connectivity index (χ2n) is 8.58. The number of allylic oxidation sites excluding steroid dienone is 1. The maximum absolute atomic E-state index is 13.4. The van der Waals surface area contributed by atoms with Gasteiger partial charge in [0.2, 0.25) is 5.78 Å². The summed E-state index contributed by atoms with van der Waals surface area (Å²) in [5.41, 5.74) is 2.27. The molecule has 1 atom stereocenters. The number of esters is 1. The Hall–Kier alpha value is -4.66. The van der Waals surface area contributed by atoms with Crippen LogP contribution in [0.25, 0.3) is 6.08 Å². The zero-order chi connectivity index (χ0) is 27.0. The lowest BCUT2D eigenvalue weighted by atomic mass is 9.84. The van der Waals surface area contributed by atoms with Crippen molar-refractivity contribution < 1.29 is 42.7 Å². The number of methoxy groups -OCH3 is 5. The quantitative estimate of drug-likeness (QED) is 0.248. The van der Waals surface area contributed by atoms with Gasteiger partial charge in [-0.3, -0.25) is 9.59 Å². The summed E-state index contributed by atoms with van der Waals surface area (Å²) in [6, 6.07) is 12.0. The Bertz CT molecular complexity index is 1470. The number of ether oxygens (including phenoxy) is 7. The molecule has 2 aliphatic rings. The molecule has 0 amide bonds. The lowest BCUT2D eigenvalue weighted by Crippen LogP contribution is -2.22. The van der Waals surface area contributed by atoms with Gasteiger partial charge in [0.1, 0.15) is 28.7 Å². The Balaban J connectivity index is 1.62. The third kappa shape index (κ3) is 4.15. The number of carbonyl (C=O) groups excluding carboxylic acids is 2. The molecular formula is C29H26O9. The van der Waals surface area contributed by atoms with Gasteiger partial charge >= 0.3 is 5.97 Å². The van der Waals surface area contributed by atoms with E-state index in [4.69, 9.17) is 33.2 Å². The van der Waals surface area contributed by atoms with Crippen LogP contribution in [0.15, 0.2) is 48.2 Å². The predicted molar refractivity (Wildman–Crippen MR) is 137 cm³/mol. The fourth-order valence-electron chi connectivity index (χ4n) is 4.78. The van der Waals surface area contributed by atoms with Crippen molar-refractivity contribution in [2.24, 2.45) is 0 Å². The van der Waals surface area contributed by atoms with E-state index in [9.17, 15) is 9.59 Å². The Morgan fingerprint density at radius 1 is 0.763 bits per heavy atom. The summed E-state index contributed by atoms with van der Waals surface area (Å²) in [5, 5.41) is 0. The molecule has 2 aliphatic heterocycles. The van der Waals surface area contributed by atoms with Crippen LogP contribution in [0.5, 0.6) is 40.2 Å². The van der Waals surface area contributed by atoms with Gasteiger partial charge in [-0.25, -0.2) is 0 Å². The molecule has 196 valence electrons. The lowest BCUT2D eigenvalue weighted by molar-refractivity contribution is -0.135. The van der Waals surface area contributed by atoms with Gasteiger partial charge in [0, 0.05) is 34.7 Å². The first kappa shape index (κ1) is 25.0. The number of ketones is 1. The molecule has 0 saturated heterocycles. The maximum atomic E-state index is 13.4. The van der Waals surface area contributed by atoms with E-state index in [1.54, 1.807) is 56.7 Å². The summed E-state index contributed by atoms with van der Waals surface area (Å²) in [7, 11) is 7.69. The number of carbonyl (C=O) groups is 2. The van der Waals surface area contributed by atoms with E-state index < -0.39 is 11.9 Å². The second-order valence-corrected chi connectivity index (χ2v) is 8.58. The van der Waals surface area contributed by atoms with E-state index in [0.717, 1.165) is 5.56 Å². The number of hydrogen-bond acceptors (Lipinski definition) is 9. The van der Waals surface area contributed by atoms with Crippen molar-refractivity contribution in [1.29, 1.82) is 0 Å². The molecule has 0 N–H and O–H groups in total. The van der Waals surface area contributed by atoms with Crippen LogP contribution in [0.4, 0.5) is 0 Å². The van der Waals surface area contributed by atoms with Gasteiger partial charge in [0.25, 0.3) is 0 Å². The van der Waals surface area contributed by atoms with Gasteiger partial charge in [-0.2, -0.15) is 0 Å². The molecule has 0 aliphatic carbocycles. The lowest BCUT2D eigenvalue weighted by Gasteiger charge is -2.27.